The minimum atomic E-state index is -1.08. The summed E-state index contributed by atoms with van der Waals surface area (Å²) in [4.78, 5) is 22.2. The largest absolute Gasteiger partial charge is 0.465 e. The predicted octanol–water partition coefficient (Wildman–Crippen LogP) is 2.33. The number of carbonyl (C=O) groups is 2. The first-order valence-corrected chi connectivity index (χ1v) is 5.30. The molecule has 1 rings (SSSR count). The monoisotopic (exact) mass is 292 g/mol. The van der Waals surface area contributed by atoms with Gasteiger partial charge >= 0.3 is 5.97 Å². The molecule has 0 radical (unpaired) electrons. The first kappa shape index (κ1) is 12.8. The zero-order valence-corrected chi connectivity index (χ0v) is 9.81. The average molecular weight is 293 g/mol. The zero-order chi connectivity index (χ0) is 12.3. The number of ketones is 1. The van der Waals surface area contributed by atoms with E-state index < -0.39 is 29.0 Å². The van der Waals surface area contributed by atoms with E-state index in [0.717, 1.165) is 19.2 Å². The highest BCUT2D eigenvalue weighted by atomic mass is 79.9. The van der Waals surface area contributed by atoms with Gasteiger partial charge in [0.1, 0.15) is 11.6 Å². The van der Waals surface area contributed by atoms with Crippen LogP contribution in [0.2, 0.25) is 0 Å². The van der Waals surface area contributed by atoms with E-state index >= 15 is 0 Å². The third-order valence-electron chi connectivity index (χ3n) is 1.86. The number of carbonyl (C=O) groups excluding carboxylic acids is 2. The van der Waals surface area contributed by atoms with E-state index in [1.807, 2.05) is 0 Å². The Bertz CT molecular complexity index is 423. The van der Waals surface area contributed by atoms with Gasteiger partial charge in [0, 0.05) is 0 Å². The molecule has 3 nitrogen and oxygen atoms in total. The average Bonchev–Trinajstić information content (AvgIpc) is 2.26. The van der Waals surface area contributed by atoms with Gasteiger partial charge in [0.15, 0.2) is 5.78 Å². The summed E-state index contributed by atoms with van der Waals surface area (Å²) >= 11 is 2.81. The first-order valence-electron chi connectivity index (χ1n) is 4.17. The number of ether oxygens (including phenoxy) is 1. The summed E-state index contributed by atoms with van der Waals surface area (Å²) in [5, 5.41) is -0.196. The predicted molar refractivity (Wildman–Crippen MR) is 55.8 cm³/mol. The molecule has 0 saturated heterocycles. The molecule has 0 bridgehead atoms. The minimum Gasteiger partial charge on any atom is -0.465 e. The molecule has 0 heterocycles. The number of benzene rings is 1. The number of alkyl halides is 1. The second-order valence-corrected chi connectivity index (χ2v) is 3.42. The van der Waals surface area contributed by atoms with E-state index in [2.05, 4.69) is 20.7 Å². The van der Waals surface area contributed by atoms with E-state index in [-0.39, 0.29) is 10.9 Å². The molecule has 0 atom stereocenters. The fraction of sp³-hybridized carbons (Fsp3) is 0.200. The van der Waals surface area contributed by atoms with Crippen molar-refractivity contribution in [2.75, 3.05) is 12.4 Å². The Hall–Kier alpha value is -1.30. The van der Waals surface area contributed by atoms with Gasteiger partial charge in [0.05, 0.1) is 23.6 Å². The fourth-order valence-corrected chi connectivity index (χ4v) is 1.42. The highest BCUT2D eigenvalue weighted by Crippen LogP contribution is 2.17. The van der Waals surface area contributed by atoms with Crippen molar-refractivity contribution in [1.29, 1.82) is 0 Å². The SMILES string of the molecule is COC(=O)c1cc(F)c(C(=O)CBr)c(F)c1. The van der Waals surface area contributed by atoms with Gasteiger partial charge in [0.25, 0.3) is 0 Å². The van der Waals surface area contributed by atoms with Gasteiger partial charge < -0.3 is 4.74 Å². The van der Waals surface area contributed by atoms with Gasteiger partial charge in [-0.1, -0.05) is 15.9 Å². The van der Waals surface area contributed by atoms with Gasteiger partial charge in [0.2, 0.25) is 0 Å². The van der Waals surface area contributed by atoms with Crippen molar-refractivity contribution in [1.82, 2.24) is 0 Å². The Morgan fingerprint density at radius 3 is 2.19 bits per heavy atom. The number of hydrogen-bond donors (Lipinski definition) is 0. The standard InChI is InChI=1S/C10H7BrF2O3/c1-16-10(15)5-2-6(12)9(7(13)3-5)8(14)4-11/h2-3H,4H2,1H3. The number of hydrogen-bond acceptors (Lipinski definition) is 3. The van der Waals surface area contributed by atoms with Crippen LogP contribution >= 0.6 is 15.9 Å². The molecule has 1 aromatic rings. The van der Waals surface area contributed by atoms with E-state index in [9.17, 15) is 18.4 Å². The molecule has 0 N–H and O–H groups in total. The first-order chi connectivity index (χ1) is 7.51. The lowest BCUT2D eigenvalue weighted by Crippen LogP contribution is -2.10. The molecule has 0 aromatic heterocycles. The van der Waals surface area contributed by atoms with Crippen molar-refractivity contribution in [3.8, 4) is 0 Å². The van der Waals surface area contributed by atoms with Crippen LogP contribution in [0.25, 0.3) is 0 Å². The van der Waals surface area contributed by atoms with Crippen LogP contribution in [-0.2, 0) is 4.74 Å². The second kappa shape index (κ2) is 5.16. The highest BCUT2D eigenvalue weighted by molar-refractivity contribution is 9.09. The maximum absolute atomic E-state index is 13.4. The molecule has 6 heteroatoms. The molecule has 0 spiro atoms. The molecular formula is C10H7BrF2O3. The van der Waals surface area contributed by atoms with E-state index in [0.29, 0.717) is 0 Å². The van der Waals surface area contributed by atoms with Crippen LogP contribution in [0.3, 0.4) is 0 Å². The number of esters is 1. The van der Waals surface area contributed by atoms with Crippen LogP contribution in [0, 0.1) is 11.6 Å². The number of methoxy groups -OCH3 is 1. The topological polar surface area (TPSA) is 43.4 Å². The zero-order valence-electron chi connectivity index (χ0n) is 8.22. The molecule has 86 valence electrons. The highest BCUT2D eigenvalue weighted by Gasteiger charge is 2.19. The Morgan fingerprint density at radius 2 is 1.81 bits per heavy atom. The molecule has 1 aromatic carbocycles. The van der Waals surface area contributed by atoms with Crippen molar-refractivity contribution in [2.24, 2.45) is 0 Å². The van der Waals surface area contributed by atoms with Crippen molar-refractivity contribution < 1.29 is 23.1 Å². The molecule has 0 aliphatic rings. The van der Waals surface area contributed by atoms with E-state index in [4.69, 9.17) is 0 Å². The summed E-state index contributed by atoms with van der Waals surface area (Å²) in [5.41, 5.74) is -0.937. The molecule has 0 aliphatic carbocycles. The lowest BCUT2D eigenvalue weighted by atomic mass is 10.1. The van der Waals surface area contributed by atoms with Crippen molar-refractivity contribution in [3.63, 3.8) is 0 Å². The lowest BCUT2D eigenvalue weighted by Gasteiger charge is -2.04. The van der Waals surface area contributed by atoms with Gasteiger partial charge in [-0.25, -0.2) is 13.6 Å². The Kier molecular flexibility index (Phi) is 4.12. The van der Waals surface area contributed by atoms with Gasteiger partial charge in [-0.15, -0.1) is 0 Å². The van der Waals surface area contributed by atoms with Crippen LogP contribution in [-0.4, -0.2) is 24.2 Å². The van der Waals surface area contributed by atoms with Gasteiger partial charge in [-0.3, -0.25) is 4.79 Å². The number of rotatable bonds is 3. The summed E-state index contributed by atoms with van der Waals surface area (Å²) < 4.78 is 31.0. The molecule has 16 heavy (non-hydrogen) atoms. The maximum atomic E-state index is 13.4. The maximum Gasteiger partial charge on any atom is 0.338 e. The van der Waals surface area contributed by atoms with Crippen LogP contribution in [0.5, 0.6) is 0 Å². The van der Waals surface area contributed by atoms with Crippen molar-refractivity contribution in [2.45, 2.75) is 0 Å². The van der Waals surface area contributed by atoms with Crippen LogP contribution in [0.1, 0.15) is 20.7 Å². The van der Waals surface area contributed by atoms with Crippen molar-refractivity contribution in [3.05, 3.63) is 34.9 Å². The Balaban J connectivity index is 3.28. The van der Waals surface area contributed by atoms with Gasteiger partial charge in [-0.05, 0) is 12.1 Å². The fourth-order valence-electron chi connectivity index (χ4n) is 1.14. The third-order valence-corrected chi connectivity index (χ3v) is 2.37. The van der Waals surface area contributed by atoms with E-state index in [1.54, 1.807) is 0 Å². The molecule has 0 fully saturated rings. The third kappa shape index (κ3) is 2.44. The molecule has 0 aliphatic heterocycles. The quantitative estimate of drug-likeness (QED) is 0.488. The summed E-state index contributed by atoms with van der Waals surface area (Å²) in [7, 11) is 1.09. The van der Waals surface area contributed by atoms with E-state index in [1.165, 1.54) is 0 Å². The second-order valence-electron chi connectivity index (χ2n) is 2.86. The Labute approximate surface area is 98.5 Å². The summed E-state index contributed by atoms with van der Waals surface area (Å²) in [5.74, 6) is -3.75. The summed E-state index contributed by atoms with van der Waals surface area (Å²) in [6.07, 6.45) is 0. The van der Waals surface area contributed by atoms with Gasteiger partial charge in [-0.2, -0.15) is 0 Å². The number of Topliss-reactive ketones (excluding diaryl/α,β-unsaturated/α-hetero) is 1. The summed E-state index contributed by atoms with van der Waals surface area (Å²) in [6, 6.07) is 1.54. The molecular weight excluding hydrogens is 286 g/mol. The molecule has 0 unspecified atom stereocenters. The normalized spacial score (nSPS) is 10.0. The lowest BCUT2D eigenvalue weighted by molar-refractivity contribution is 0.0599. The smallest absolute Gasteiger partial charge is 0.338 e. The minimum absolute atomic E-state index is 0.196. The van der Waals surface area contributed by atoms with Crippen LogP contribution < -0.4 is 0 Å². The Morgan fingerprint density at radius 1 is 1.31 bits per heavy atom. The van der Waals surface area contributed by atoms with Crippen LogP contribution in [0.15, 0.2) is 12.1 Å². The number of halogens is 3. The molecule has 0 saturated carbocycles. The summed E-state index contributed by atoms with van der Waals surface area (Å²) in [6.45, 7) is 0. The van der Waals surface area contributed by atoms with Crippen LogP contribution in [0.4, 0.5) is 8.78 Å². The molecule has 0 amide bonds. The van der Waals surface area contributed by atoms with Crippen molar-refractivity contribution >= 4 is 27.7 Å².